The summed E-state index contributed by atoms with van der Waals surface area (Å²) in [4.78, 5) is 2.61. The van der Waals surface area contributed by atoms with Gasteiger partial charge < -0.3 is 10.5 Å². The number of hydrogen-bond donors (Lipinski definition) is 1. The topological polar surface area (TPSA) is 38.5 Å². The second-order valence-electron chi connectivity index (χ2n) is 6.20. The summed E-state index contributed by atoms with van der Waals surface area (Å²) in [5, 5.41) is 0. The number of nitrogens with zero attached hydrogens (tertiary/aromatic N) is 1. The minimum Gasteiger partial charge on any atom is -0.497 e. The van der Waals surface area contributed by atoms with E-state index in [0.29, 0.717) is 0 Å². The summed E-state index contributed by atoms with van der Waals surface area (Å²) in [6, 6.07) is 6.08. The van der Waals surface area contributed by atoms with E-state index in [2.05, 4.69) is 17.0 Å². The molecule has 0 radical (unpaired) electrons. The molecule has 1 aromatic carbocycles. The Kier molecular flexibility index (Phi) is 3.65. The van der Waals surface area contributed by atoms with Crippen molar-refractivity contribution in [3.05, 3.63) is 23.8 Å². The highest BCUT2D eigenvalue weighted by Crippen LogP contribution is 2.34. The number of ether oxygens (including phenoxy) is 1. The maximum absolute atomic E-state index is 5.94. The van der Waals surface area contributed by atoms with Crippen LogP contribution in [-0.4, -0.2) is 25.1 Å². The molecule has 2 aliphatic carbocycles. The van der Waals surface area contributed by atoms with Gasteiger partial charge in [-0.2, -0.15) is 0 Å². The van der Waals surface area contributed by atoms with Gasteiger partial charge in [0.15, 0.2) is 0 Å². The van der Waals surface area contributed by atoms with Crippen LogP contribution in [0.15, 0.2) is 18.2 Å². The molecule has 0 bridgehead atoms. The van der Waals surface area contributed by atoms with Gasteiger partial charge in [0.1, 0.15) is 5.75 Å². The molecule has 0 aliphatic heterocycles. The number of nitrogen functional groups attached to an aromatic ring is 1. The van der Waals surface area contributed by atoms with Gasteiger partial charge in [-0.1, -0.05) is 0 Å². The molecule has 2 saturated carbocycles. The molecular weight excluding hydrogens is 236 g/mol. The molecular formula is C16H24N2O. The van der Waals surface area contributed by atoms with Crippen LogP contribution in [0, 0.1) is 11.8 Å². The molecule has 0 saturated heterocycles. The highest BCUT2D eigenvalue weighted by Gasteiger charge is 2.29. The van der Waals surface area contributed by atoms with E-state index in [4.69, 9.17) is 10.5 Å². The van der Waals surface area contributed by atoms with Crippen LogP contribution >= 0.6 is 0 Å². The first-order valence-electron chi connectivity index (χ1n) is 7.38. The van der Waals surface area contributed by atoms with E-state index >= 15 is 0 Å². The number of nitrogens with two attached hydrogens (primary N) is 1. The molecule has 3 rings (SSSR count). The normalized spacial score (nSPS) is 18.8. The number of rotatable bonds is 7. The van der Waals surface area contributed by atoms with Crippen LogP contribution in [0.2, 0.25) is 0 Å². The molecule has 0 heterocycles. The van der Waals surface area contributed by atoms with Crippen molar-refractivity contribution in [2.75, 3.05) is 25.9 Å². The maximum Gasteiger partial charge on any atom is 0.121 e. The lowest BCUT2D eigenvalue weighted by Gasteiger charge is -2.22. The average Bonchev–Trinajstić information content (AvgIpc) is 3.24. The Morgan fingerprint density at radius 2 is 1.74 bits per heavy atom. The third kappa shape index (κ3) is 3.87. The molecule has 3 heteroatoms. The third-order valence-electron chi connectivity index (χ3n) is 4.06. The zero-order valence-corrected chi connectivity index (χ0v) is 11.8. The monoisotopic (exact) mass is 260 g/mol. The number of benzene rings is 1. The van der Waals surface area contributed by atoms with E-state index in [0.717, 1.165) is 29.8 Å². The second-order valence-corrected chi connectivity index (χ2v) is 6.20. The van der Waals surface area contributed by atoms with E-state index < -0.39 is 0 Å². The van der Waals surface area contributed by atoms with Crippen molar-refractivity contribution >= 4 is 5.69 Å². The Balaban J connectivity index is 1.66. The molecule has 0 unspecified atom stereocenters. The van der Waals surface area contributed by atoms with Gasteiger partial charge in [-0.15, -0.1) is 0 Å². The molecule has 0 aromatic heterocycles. The highest BCUT2D eigenvalue weighted by atomic mass is 16.5. The molecule has 1 aromatic rings. The Bertz CT molecular complexity index is 424. The Hall–Kier alpha value is -1.22. The first kappa shape index (κ1) is 12.8. The average molecular weight is 260 g/mol. The van der Waals surface area contributed by atoms with Crippen molar-refractivity contribution < 1.29 is 4.74 Å². The highest BCUT2D eigenvalue weighted by molar-refractivity contribution is 5.47. The predicted molar refractivity (Wildman–Crippen MR) is 78.1 cm³/mol. The minimum atomic E-state index is 0.798. The smallest absolute Gasteiger partial charge is 0.121 e. The largest absolute Gasteiger partial charge is 0.497 e. The van der Waals surface area contributed by atoms with Gasteiger partial charge in [0, 0.05) is 31.4 Å². The fourth-order valence-electron chi connectivity index (χ4n) is 2.69. The van der Waals surface area contributed by atoms with Crippen LogP contribution in [-0.2, 0) is 6.54 Å². The second kappa shape index (κ2) is 5.41. The predicted octanol–water partition coefficient (Wildman–Crippen LogP) is 2.90. The van der Waals surface area contributed by atoms with Crippen molar-refractivity contribution in [2.45, 2.75) is 32.2 Å². The summed E-state index contributed by atoms with van der Waals surface area (Å²) in [6.45, 7) is 3.52. The summed E-state index contributed by atoms with van der Waals surface area (Å²) in [5.41, 5.74) is 8.01. The van der Waals surface area contributed by atoms with Gasteiger partial charge in [-0.25, -0.2) is 0 Å². The third-order valence-corrected chi connectivity index (χ3v) is 4.06. The van der Waals surface area contributed by atoms with Crippen LogP contribution in [0.4, 0.5) is 5.69 Å². The van der Waals surface area contributed by atoms with Crippen LogP contribution in [0.5, 0.6) is 5.75 Å². The molecule has 2 N–H and O–H groups in total. The van der Waals surface area contributed by atoms with E-state index in [1.165, 1.54) is 44.3 Å². The standard InChI is InChI=1S/C16H24N2O/c1-19-16-7-14(6-15(17)8-16)11-18(9-12-2-3-12)10-13-4-5-13/h6-8,12-13H,2-5,9-11,17H2,1H3. The first-order chi connectivity index (χ1) is 9.22. The maximum atomic E-state index is 5.94. The fraction of sp³-hybridized carbons (Fsp3) is 0.625. The molecule has 0 atom stereocenters. The zero-order valence-electron chi connectivity index (χ0n) is 11.8. The number of anilines is 1. The summed E-state index contributed by atoms with van der Waals surface area (Å²) in [5.74, 6) is 2.76. The van der Waals surface area contributed by atoms with Crippen LogP contribution in [0.1, 0.15) is 31.2 Å². The summed E-state index contributed by atoms with van der Waals surface area (Å²) in [7, 11) is 1.70. The van der Waals surface area contributed by atoms with Gasteiger partial charge >= 0.3 is 0 Å². The first-order valence-corrected chi connectivity index (χ1v) is 7.38. The lowest BCUT2D eigenvalue weighted by atomic mass is 10.1. The van der Waals surface area contributed by atoms with Gasteiger partial charge in [0.2, 0.25) is 0 Å². The van der Waals surface area contributed by atoms with Crippen LogP contribution in [0.3, 0.4) is 0 Å². The zero-order chi connectivity index (χ0) is 13.2. The van der Waals surface area contributed by atoms with Crippen LogP contribution < -0.4 is 10.5 Å². The van der Waals surface area contributed by atoms with Crippen molar-refractivity contribution in [1.29, 1.82) is 0 Å². The van der Waals surface area contributed by atoms with E-state index in [1.54, 1.807) is 7.11 Å². The molecule has 19 heavy (non-hydrogen) atoms. The molecule has 2 fully saturated rings. The summed E-state index contributed by atoms with van der Waals surface area (Å²) in [6.07, 6.45) is 5.67. The molecule has 2 aliphatic rings. The SMILES string of the molecule is COc1cc(N)cc(CN(CC2CC2)CC2CC2)c1. The molecule has 0 amide bonds. The summed E-state index contributed by atoms with van der Waals surface area (Å²) < 4.78 is 5.31. The Morgan fingerprint density at radius 3 is 2.26 bits per heavy atom. The van der Waals surface area contributed by atoms with Crippen molar-refractivity contribution in [2.24, 2.45) is 11.8 Å². The van der Waals surface area contributed by atoms with Crippen molar-refractivity contribution in [3.8, 4) is 5.75 Å². The Morgan fingerprint density at radius 1 is 1.11 bits per heavy atom. The molecule has 0 spiro atoms. The van der Waals surface area contributed by atoms with Crippen molar-refractivity contribution in [3.63, 3.8) is 0 Å². The van der Waals surface area contributed by atoms with Gasteiger partial charge in [0.25, 0.3) is 0 Å². The Labute approximate surface area is 115 Å². The molecule has 104 valence electrons. The fourth-order valence-corrected chi connectivity index (χ4v) is 2.69. The lowest BCUT2D eigenvalue weighted by Crippen LogP contribution is -2.27. The quantitative estimate of drug-likeness (QED) is 0.766. The van der Waals surface area contributed by atoms with E-state index in [-0.39, 0.29) is 0 Å². The van der Waals surface area contributed by atoms with Crippen LogP contribution in [0.25, 0.3) is 0 Å². The summed E-state index contributed by atoms with van der Waals surface area (Å²) >= 11 is 0. The minimum absolute atomic E-state index is 0.798. The van der Waals surface area contributed by atoms with E-state index in [1.807, 2.05) is 6.07 Å². The number of hydrogen-bond acceptors (Lipinski definition) is 3. The number of methoxy groups -OCH3 is 1. The molecule has 3 nitrogen and oxygen atoms in total. The van der Waals surface area contributed by atoms with Gasteiger partial charge in [-0.3, -0.25) is 4.90 Å². The van der Waals surface area contributed by atoms with Gasteiger partial charge in [0.05, 0.1) is 7.11 Å². The van der Waals surface area contributed by atoms with E-state index in [9.17, 15) is 0 Å². The van der Waals surface area contributed by atoms with Crippen molar-refractivity contribution in [1.82, 2.24) is 4.90 Å². The van der Waals surface area contributed by atoms with Gasteiger partial charge in [-0.05, 0) is 55.2 Å². The lowest BCUT2D eigenvalue weighted by molar-refractivity contribution is 0.244.